The minimum Gasteiger partial charge on any atom is -0.490 e. The highest BCUT2D eigenvalue weighted by atomic mass is 16.6. The third-order valence-electron chi connectivity index (χ3n) is 6.76. The number of carbonyl (C=O) groups excluding carboxylic acids is 2. The number of benzene rings is 4. The lowest BCUT2D eigenvalue weighted by Crippen LogP contribution is -2.30. The molecule has 0 radical (unpaired) electrons. The molecule has 1 aliphatic carbocycles. The first-order valence-corrected chi connectivity index (χ1v) is 13.4. The Balaban J connectivity index is 1.33. The van der Waals surface area contributed by atoms with Crippen molar-refractivity contribution in [1.82, 2.24) is 0 Å². The number of fused-ring (bicyclic) bond motifs is 3. The summed E-state index contributed by atoms with van der Waals surface area (Å²) >= 11 is 0. The maximum atomic E-state index is 11.8. The van der Waals surface area contributed by atoms with Gasteiger partial charge in [-0.25, -0.2) is 9.59 Å². The van der Waals surface area contributed by atoms with Crippen molar-refractivity contribution < 1.29 is 23.8 Å². The molecule has 6 heteroatoms. The molecule has 0 bridgehead atoms. The topological polar surface area (TPSA) is 65.1 Å². The lowest BCUT2D eigenvalue weighted by Gasteiger charge is -2.26. The van der Waals surface area contributed by atoms with Crippen LogP contribution in [0.4, 0.5) is 17.1 Å². The molecule has 41 heavy (non-hydrogen) atoms. The minimum absolute atomic E-state index is 0.0159. The molecule has 0 aliphatic heterocycles. The van der Waals surface area contributed by atoms with Crippen LogP contribution in [-0.4, -0.2) is 31.3 Å². The Hall–Kier alpha value is -5.10. The van der Waals surface area contributed by atoms with Crippen molar-refractivity contribution >= 4 is 29.0 Å². The van der Waals surface area contributed by atoms with Crippen LogP contribution < -0.4 is 9.64 Å². The molecule has 0 saturated carbocycles. The van der Waals surface area contributed by atoms with E-state index >= 15 is 0 Å². The number of esters is 2. The Morgan fingerprint density at radius 3 is 2.05 bits per heavy atom. The summed E-state index contributed by atoms with van der Waals surface area (Å²) in [6.07, 6.45) is 1.03. The van der Waals surface area contributed by atoms with E-state index in [2.05, 4.69) is 60.5 Å². The second kappa shape index (κ2) is 12.4. The van der Waals surface area contributed by atoms with E-state index in [4.69, 9.17) is 14.2 Å². The average Bonchev–Trinajstić information content (AvgIpc) is 3.36. The first-order valence-electron chi connectivity index (χ1n) is 13.4. The Morgan fingerprint density at radius 1 is 0.829 bits per heavy atom. The summed E-state index contributed by atoms with van der Waals surface area (Å²) in [7, 11) is 0. The fourth-order valence-electron chi connectivity index (χ4n) is 4.81. The normalized spacial score (nSPS) is 11.9. The molecule has 1 atom stereocenters. The minimum atomic E-state index is -0.793. The summed E-state index contributed by atoms with van der Waals surface area (Å²) in [6, 6.07) is 33.2. The maximum Gasteiger partial charge on any atom is 0.333 e. The van der Waals surface area contributed by atoms with Gasteiger partial charge in [0.2, 0.25) is 0 Å². The number of hydrogen-bond acceptors (Lipinski definition) is 6. The van der Waals surface area contributed by atoms with Crippen LogP contribution in [-0.2, 0) is 25.5 Å². The molecule has 0 saturated heterocycles. The summed E-state index contributed by atoms with van der Waals surface area (Å²) in [6.45, 7) is 8.41. The molecule has 0 aromatic heterocycles. The van der Waals surface area contributed by atoms with Gasteiger partial charge in [-0.05, 0) is 84.1 Å². The molecule has 1 aliphatic rings. The highest BCUT2D eigenvalue weighted by Crippen LogP contribution is 2.42. The number of nitrogens with zero attached hydrogens (tertiary/aromatic N) is 1. The lowest BCUT2D eigenvalue weighted by atomic mass is 10.0. The summed E-state index contributed by atoms with van der Waals surface area (Å²) < 4.78 is 16.5. The average molecular weight is 546 g/mol. The molecule has 5 rings (SSSR count). The van der Waals surface area contributed by atoms with Gasteiger partial charge in [-0.15, -0.1) is 0 Å². The zero-order valence-electron chi connectivity index (χ0n) is 22.9. The summed E-state index contributed by atoms with van der Waals surface area (Å²) in [5.74, 6) is -0.541. The van der Waals surface area contributed by atoms with E-state index in [0.29, 0.717) is 5.75 Å². The third kappa shape index (κ3) is 6.39. The van der Waals surface area contributed by atoms with E-state index in [1.807, 2.05) is 54.6 Å². The SMILES string of the molecule is C=CC(=O)OC(COC(=O)C(=C)C)COc1ccc2c(c1)Cc1cc(N(c3ccccc3)c3ccccc3)ccc1-2. The Morgan fingerprint density at radius 2 is 1.44 bits per heavy atom. The fourth-order valence-corrected chi connectivity index (χ4v) is 4.81. The van der Waals surface area contributed by atoms with Gasteiger partial charge in [0.05, 0.1) is 0 Å². The molecule has 4 aromatic rings. The summed E-state index contributed by atoms with van der Waals surface area (Å²) in [4.78, 5) is 25.9. The van der Waals surface area contributed by atoms with Gasteiger partial charge in [0.1, 0.15) is 19.0 Å². The Labute approximate surface area is 240 Å². The van der Waals surface area contributed by atoms with Crippen LogP contribution >= 0.6 is 0 Å². The fraction of sp³-hybridized carbons (Fsp3) is 0.143. The number of para-hydroxylation sites is 2. The largest absolute Gasteiger partial charge is 0.490 e. The second-order valence-corrected chi connectivity index (χ2v) is 9.80. The smallest absolute Gasteiger partial charge is 0.333 e. The molecule has 0 heterocycles. The molecule has 0 spiro atoms. The number of ether oxygens (including phenoxy) is 3. The molecule has 0 amide bonds. The first-order chi connectivity index (χ1) is 19.9. The zero-order valence-corrected chi connectivity index (χ0v) is 22.9. The van der Waals surface area contributed by atoms with Crippen molar-refractivity contribution in [3.05, 3.63) is 133 Å². The molecular weight excluding hydrogens is 514 g/mol. The van der Waals surface area contributed by atoms with Crippen LogP contribution in [0.15, 0.2) is 122 Å². The van der Waals surface area contributed by atoms with E-state index in [0.717, 1.165) is 40.7 Å². The van der Waals surface area contributed by atoms with Gasteiger partial charge in [0.25, 0.3) is 0 Å². The van der Waals surface area contributed by atoms with Crippen molar-refractivity contribution in [2.45, 2.75) is 19.4 Å². The molecule has 4 aromatic carbocycles. The van der Waals surface area contributed by atoms with Crippen LogP contribution in [0.2, 0.25) is 0 Å². The Kier molecular flexibility index (Phi) is 8.30. The van der Waals surface area contributed by atoms with Crippen molar-refractivity contribution in [1.29, 1.82) is 0 Å². The van der Waals surface area contributed by atoms with Crippen LogP contribution in [0.1, 0.15) is 18.1 Å². The maximum absolute atomic E-state index is 11.8. The number of hydrogen-bond donors (Lipinski definition) is 0. The molecular formula is C35H31NO5. The second-order valence-electron chi connectivity index (χ2n) is 9.80. The molecule has 6 nitrogen and oxygen atoms in total. The van der Waals surface area contributed by atoms with Crippen LogP contribution in [0, 0.1) is 0 Å². The van der Waals surface area contributed by atoms with Gasteiger partial charge in [0.15, 0.2) is 6.10 Å². The van der Waals surface area contributed by atoms with Gasteiger partial charge >= 0.3 is 11.9 Å². The van der Waals surface area contributed by atoms with E-state index in [-0.39, 0.29) is 18.8 Å². The number of anilines is 3. The summed E-state index contributed by atoms with van der Waals surface area (Å²) in [5.41, 5.74) is 8.26. The highest BCUT2D eigenvalue weighted by Gasteiger charge is 2.23. The molecule has 0 N–H and O–H groups in total. The van der Waals surface area contributed by atoms with Crippen LogP contribution in [0.5, 0.6) is 5.75 Å². The van der Waals surface area contributed by atoms with Gasteiger partial charge in [0, 0.05) is 28.7 Å². The van der Waals surface area contributed by atoms with E-state index < -0.39 is 18.0 Å². The van der Waals surface area contributed by atoms with E-state index in [1.54, 1.807) is 6.92 Å². The molecule has 1 unspecified atom stereocenters. The first kappa shape index (κ1) is 27.5. The Bertz CT molecular complexity index is 1540. The van der Waals surface area contributed by atoms with Crippen LogP contribution in [0.25, 0.3) is 11.1 Å². The third-order valence-corrected chi connectivity index (χ3v) is 6.76. The summed E-state index contributed by atoms with van der Waals surface area (Å²) in [5, 5.41) is 0. The predicted octanol–water partition coefficient (Wildman–Crippen LogP) is 7.32. The predicted molar refractivity (Wildman–Crippen MR) is 161 cm³/mol. The lowest BCUT2D eigenvalue weighted by molar-refractivity contribution is -0.154. The van der Waals surface area contributed by atoms with Gasteiger partial charge < -0.3 is 19.1 Å². The molecule has 206 valence electrons. The van der Waals surface area contributed by atoms with Crippen molar-refractivity contribution in [3.63, 3.8) is 0 Å². The van der Waals surface area contributed by atoms with Gasteiger partial charge in [-0.3, -0.25) is 0 Å². The van der Waals surface area contributed by atoms with Crippen LogP contribution in [0.3, 0.4) is 0 Å². The van der Waals surface area contributed by atoms with Crippen molar-refractivity contribution in [2.75, 3.05) is 18.1 Å². The standard InChI is InChI=1S/C35H31NO5/c1-4-34(37)41-31(23-40-35(38)24(2)3)22-39-30-16-18-33-26(21-30)19-25-20-29(15-17-32(25)33)36(27-11-7-5-8-12-27)28-13-9-6-10-14-28/h4-18,20-21,31H,1-2,19,22-23H2,3H3. The van der Waals surface area contributed by atoms with Gasteiger partial charge in [-0.1, -0.05) is 61.7 Å². The molecule has 0 fully saturated rings. The van der Waals surface area contributed by atoms with E-state index in [1.165, 1.54) is 11.1 Å². The zero-order chi connectivity index (χ0) is 28.8. The van der Waals surface area contributed by atoms with Gasteiger partial charge in [-0.2, -0.15) is 0 Å². The monoisotopic (exact) mass is 545 g/mol. The van der Waals surface area contributed by atoms with Crippen molar-refractivity contribution in [3.8, 4) is 16.9 Å². The number of carbonyl (C=O) groups is 2. The van der Waals surface area contributed by atoms with E-state index in [9.17, 15) is 9.59 Å². The quantitative estimate of drug-likeness (QED) is 0.128. The van der Waals surface area contributed by atoms with Crippen molar-refractivity contribution in [2.24, 2.45) is 0 Å². The number of rotatable bonds is 11. The highest BCUT2D eigenvalue weighted by molar-refractivity contribution is 5.87.